The van der Waals surface area contributed by atoms with E-state index in [9.17, 15) is 4.79 Å². The molecule has 0 fully saturated rings. The molecule has 6 nitrogen and oxygen atoms in total. The number of nitrogens with zero attached hydrogens (tertiary/aromatic N) is 1. The highest BCUT2D eigenvalue weighted by Gasteiger charge is 2.13. The number of hydrogen-bond acceptors (Lipinski definition) is 6. The van der Waals surface area contributed by atoms with Crippen LogP contribution in [0.15, 0.2) is 66.0 Å². The fraction of sp³-hybridized carbons (Fsp3) is 0.154. The van der Waals surface area contributed by atoms with E-state index in [0.717, 1.165) is 27.4 Å². The van der Waals surface area contributed by atoms with Crippen molar-refractivity contribution >= 4 is 28.8 Å². The molecule has 34 heavy (non-hydrogen) atoms. The van der Waals surface area contributed by atoms with E-state index >= 15 is 0 Å². The van der Waals surface area contributed by atoms with Gasteiger partial charge in [0.25, 0.3) is 5.91 Å². The van der Waals surface area contributed by atoms with Crippen molar-refractivity contribution in [2.24, 2.45) is 0 Å². The van der Waals surface area contributed by atoms with E-state index in [4.69, 9.17) is 30.8 Å². The molecule has 1 heterocycles. The first kappa shape index (κ1) is 23.6. The summed E-state index contributed by atoms with van der Waals surface area (Å²) in [6.45, 7) is 0.379. The zero-order valence-electron chi connectivity index (χ0n) is 18.9. The number of rotatable bonds is 8. The van der Waals surface area contributed by atoms with Crippen LogP contribution in [0, 0.1) is 0 Å². The van der Waals surface area contributed by atoms with E-state index in [2.05, 4.69) is 5.32 Å². The Balaban J connectivity index is 1.44. The molecular weight excluding hydrogens is 472 g/mol. The Hall–Kier alpha value is -3.55. The van der Waals surface area contributed by atoms with Crippen molar-refractivity contribution in [2.75, 3.05) is 21.3 Å². The summed E-state index contributed by atoms with van der Waals surface area (Å²) in [5.74, 6) is 1.57. The summed E-state index contributed by atoms with van der Waals surface area (Å²) in [6, 6.07) is 18.6. The fourth-order valence-corrected chi connectivity index (χ4v) is 4.44. The van der Waals surface area contributed by atoms with Gasteiger partial charge in [-0.1, -0.05) is 35.9 Å². The zero-order valence-corrected chi connectivity index (χ0v) is 20.5. The molecule has 0 saturated heterocycles. The molecule has 4 rings (SSSR count). The lowest BCUT2D eigenvalue weighted by atomic mass is 10.1. The average Bonchev–Trinajstić information content (AvgIpc) is 3.37. The predicted octanol–water partition coefficient (Wildman–Crippen LogP) is 6.09. The van der Waals surface area contributed by atoms with Gasteiger partial charge < -0.3 is 19.5 Å². The number of carbonyl (C=O) groups excluding carboxylic acids is 1. The molecule has 3 aromatic carbocycles. The molecule has 0 aliphatic carbocycles. The van der Waals surface area contributed by atoms with Crippen LogP contribution < -0.4 is 19.5 Å². The maximum Gasteiger partial charge on any atom is 0.255 e. The second-order valence-electron chi connectivity index (χ2n) is 7.33. The van der Waals surface area contributed by atoms with Crippen LogP contribution >= 0.6 is 22.9 Å². The number of methoxy groups -OCH3 is 3. The van der Waals surface area contributed by atoms with Gasteiger partial charge in [-0.15, -0.1) is 11.3 Å². The average molecular weight is 495 g/mol. The first-order valence-electron chi connectivity index (χ1n) is 10.4. The van der Waals surface area contributed by atoms with Crippen LogP contribution in [-0.4, -0.2) is 32.2 Å². The van der Waals surface area contributed by atoms with Gasteiger partial charge in [0.05, 0.1) is 32.6 Å². The minimum Gasteiger partial charge on any atom is -0.496 e. The molecule has 0 radical (unpaired) electrons. The third-order valence-electron chi connectivity index (χ3n) is 5.24. The third-order valence-corrected chi connectivity index (χ3v) is 6.37. The van der Waals surface area contributed by atoms with Crippen molar-refractivity contribution in [1.82, 2.24) is 10.3 Å². The van der Waals surface area contributed by atoms with E-state index in [0.29, 0.717) is 34.4 Å². The topological polar surface area (TPSA) is 69.7 Å². The van der Waals surface area contributed by atoms with Gasteiger partial charge in [0, 0.05) is 28.1 Å². The molecule has 0 spiro atoms. The maximum absolute atomic E-state index is 12.6. The van der Waals surface area contributed by atoms with Crippen LogP contribution in [-0.2, 0) is 6.54 Å². The van der Waals surface area contributed by atoms with Crippen LogP contribution in [0.1, 0.15) is 15.9 Å². The summed E-state index contributed by atoms with van der Waals surface area (Å²) in [7, 11) is 4.75. The van der Waals surface area contributed by atoms with Crippen LogP contribution in [0.4, 0.5) is 0 Å². The summed E-state index contributed by atoms with van der Waals surface area (Å²) >= 11 is 7.60. The molecule has 4 aromatic rings. The number of thiazole rings is 1. The number of aromatic nitrogens is 1. The SMILES string of the molecule is COc1ccc(-c2csc(-c3ccc(CNC(=O)c4cc(Cl)ccc4OC)cc3)n2)cc1OC. The molecule has 1 aromatic heterocycles. The highest BCUT2D eigenvalue weighted by Crippen LogP contribution is 2.34. The summed E-state index contributed by atoms with van der Waals surface area (Å²) in [5, 5.41) is 6.31. The Morgan fingerprint density at radius 2 is 1.56 bits per heavy atom. The first-order chi connectivity index (χ1) is 16.5. The number of amides is 1. The van der Waals surface area contributed by atoms with Gasteiger partial charge in [-0.25, -0.2) is 4.98 Å². The second kappa shape index (κ2) is 10.6. The zero-order chi connectivity index (χ0) is 24.1. The number of benzene rings is 3. The lowest BCUT2D eigenvalue weighted by molar-refractivity contribution is 0.0948. The molecule has 174 valence electrons. The van der Waals surface area contributed by atoms with Crippen molar-refractivity contribution in [3.8, 4) is 39.1 Å². The third kappa shape index (κ3) is 5.16. The van der Waals surface area contributed by atoms with E-state index in [1.165, 1.54) is 7.11 Å². The quantitative estimate of drug-likeness (QED) is 0.321. The molecule has 0 unspecified atom stereocenters. The van der Waals surface area contributed by atoms with Crippen LogP contribution in [0.25, 0.3) is 21.8 Å². The number of hydrogen-bond donors (Lipinski definition) is 1. The lowest BCUT2D eigenvalue weighted by Crippen LogP contribution is -2.23. The van der Waals surface area contributed by atoms with Crippen molar-refractivity contribution in [1.29, 1.82) is 0 Å². The molecule has 0 aliphatic heterocycles. The second-order valence-corrected chi connectivity index (χ2v) is 8.63. The van der Waals surface area contributed by atoms with E-state index in [-0.39, 0.29) is 5.91 Å². The molecule has 1 N–H and O–H groups in total. The Bertz CT molecular complexity index is 1300. The fourth-order valence-electron chi connectivity index (χ4n) is 3.43. The van der Waals surface area contributed by atoms with E-state index < -0.39 is 0 Å². The lowest BCUT2D eigenvalue weighted by Gasteiger charge is -2.10. The Morgan fingerprint density at radius 3 is 2.26 bits per heavy atom. The molecule has 0 atom stereocenters. The van der Waals surface area contributed by atoms with Crippen molar-refractivity contribution < 1.29 is 19.0 Å². The van der Waals surface area contributed by atoms with Crippen molar-refractivity contribution in [2.45, 2.75) is 6.54 Å². The van der Waals surface area contributed by atoms with Crippen LogP contribution in [0.2, 0.25) is 5.02 Å². The Labute approximate surface area is 207 Å². The van der Waals surface area contributed by atoms with Gasteiger partial charge in [0.2, 0.25) is 0 Å². The number of halogens is 1. The first-order valence-corrected chi connectivity index (χ1v) is 11.7. The Kier molecular flexibility index (Phi) is 7.35. The van der Waals surface area contributed by atoms with Crippen molar-refractivity contribution in [3.05, 3.63) is 82.2 Å². The molecule has 0 saturated carbocycles. The molecular formula is C26H23ClN2O4S. The Morgan fingerprint density at radius 1 is 0.882 bits per heavy atom. The minimum atomic E-state index is -0.247. The molecule has 8 heteroatoms. The standard InChI is InChI=1S/C26H23ClN2O4S/c1-31-22-11-9-19(27)13-20(22)25(30)28-14-16-4-6-17(7-5-16)26-29-21(15-34-26)18-8-10-23(32-2)24(12-18)33-3/h4-13,15H,14H2,1-3H3,(H,28,30). The normalized spacial score (nSPS) is 10.6. The summed E-state index contributed by atoms with van der Waals surface area (Å²) in [4.78, 5) is 17.4. The number of carbonyl (C=O) groups is 1. The maximum atomic E-state index is 12.6. The number of nitrogens with one attached hydrogen (secondary N) is 1. The smallest absolute Gasteiger partial charge is 0.255 e. The molecule has 0 aliphatic rings. The predicted molar refractivity (Wildman–Crippen MR) is 135 cm³/mol. The van der Waals surface area contributed by atoms with Gasteiger partial charge in [-0.2, -0.15) is 0 Å². The summed E-state index contributed by atoms with van der Waals surface area (Å²) < 4.78 is 16.0. The van der Waals surface area contributed by atoms with E-state index in [1.807, 2.05) is 47.8 Å². The van der Waals surface area contributed by atoms with Gasteiger partial charge in [-0.3, -0.25) is 4.79 Å². The molecule has 0 bridgehead atoms. The highest BCUT2D eigenvalue weighted by molar-refractivity contribution is 7.13. The summed E-state index contributed by atoms with van der Waals surface area (Å²) in [5.41, 5.74) is 4.19. The summed E-state index contributed by atoms with van der Waals surface area (Å²) in [6.07, 6.45) is 0. The highest BCUT2D eigenvalue weighted by atomic mass is 35.5. The number of ether oxygens (including phenoxy) is 3. The van der Waals surface area contributed by atoms with E-state index in [1.54, 1.807) is 43.8 Å². The van der Waals surface area contributed by atoms with Gasteiger partial charge in [0.1, 0.15) is 10.8 Å². The van der Waals surface area contributed by atoms with Crippen LogP contribution in [0.5, 0.6) is 17.2 Å². The van der Waals surface area contributed by atoms with Crippen molar-refractivity contribution in [3.63, 3.8) is 0 Å². The molecule has 1 amide bonds. The van der Waals surface area contributed by atoms with Gasteiger partial charge >= 0.3 is 0 Å². The minimum absolute atomic E-state index is 0.247. The largest absolute Gasteiger partial charge is 0.496 e. The monoisotopic (exact) mass is 494 g/mol. The van der Waals surface area contributed by atoms with Crippen LogP contribution in [0.3, 0.4) is 0 Å². The van der Waals surface area contributed by atoms with Gasteiger partial charge in [0.15, 0.2) is 11.5 Å². The van der Waals surface area contributed by atoms with Gasteiger partial charge in [-0.05, 0) is 42.0 Å².